The monoisotopic (exact) mass is 148 g/mol. The second kappa shape index (κ2) is 2.42. The highest BCUT2D eigenvalue weighted by atomic mass is 35.5. The third-order valence-electron chi connectivity index (χ3n) is 0.765. The van der Waals surface area contributed by atoms with Gasteiger partial charge in [-0.1, -0.05) is 11.6 Å². The van der Waals surface area contributed by atoms with Crippen LogP contribution in [-0.2, 0) is 0 Å². The van der Waals surface area contributed by atoms with Gasteiger partial charge in [-0.2, -0.15) is 5.10 Å². The molecule has 44 valence electrons. The first-order valence-electron chi connectivity index (χ1n) is 2.07. The van der Waals surface area contributed by atoms with Crippen LogP contribution < -0.4 is 0 Å². The van der Waals surface area contributed by atoms with E-state index < -0.39 is 0 Å². The molecule has 1 heterocycles. The maximum atomic E-state index is 5.63. The zero-order valence-corrected chi connectivity index (χ0v) is 5.88. The van der Waals surface area contributed by atoms with E-state index in [9.17, 15) is 0 Å². The largest absolute Gasteiger partial charge is 0.270 e. The van der Waals surface area contributed by atoms with E-state index in [1.54, 1.807) is 18.0 Å². The average molecular weight is 149 g/mol. The summed E-state index contributed by atoms with van der Waals surface area (Å²) in [4.78, 5) is 0. The van der Waals surface area contributed by atoms with Gasteiger partial charge in [0.1, 0.15) is 5.03 Å². The van der Waals surface area contributed by atoms with Crippen LogP contribution in [0.2, 0.25) is 5.02 Å². The minimum absolute atomic E-state index is 0.692. The molecule has 2 nitrogen and oxygen atoms in total. The molecule has 1 aromatic heterocycles. The number of hydrogen-bond acceptors (Lipinski definition) is 2. The number of hydrogen-bond donors (Lipinski definition) is 1. The Morgan fingerprint density at radius 1 is 1.88 bits per heavy atom. The molecule has 0 saturated heterocycles. The van der Waals surface area contributed by atoms with Gasteiger partial charge in [0, 0.05) is 0 Å². The number of halogens is 1. The molecule has 0 aliphatic rings. The van der Waals surface area contributed by atoms with Gasteiger partial charge in [0.15, 0.2) is 0 Å². The van der Waals surface area contributed by atoms with Gasteiger partial charge in [-0.3, -0.25) is 5.10 Å². The number of aromatic amines is 1. The normalized spacial score (nSPS) is 9.75. The maximum Gasteiger partial charge on any atom is 0.109 e. The van der Waals surface area contributed by atoms with Crippen LogP contribution in [0, 0.1) is 0 Å². The Bertz CT molecular complexity index is 174. The molecule has 0 fully saturated rings. The van der Waals surface area contributed by atoms with Gasteiger partial charge < -0.3 is 0 Å². The van der Waals surface area contributed by atoms with Crippen molar-refractivity contribution in [3.05, 3.63) is 11.2 Å². The SMILES string of the molecule is CSc1[nH]ncc1Cl. The van der Waals surface area contributed by atoms with Crippen molar-refractivity contribution in [2.75, 3.05) is 6.26 Å². The predicted octanol–water partition coefficient (Wildman–Crippen LogP) is 1.78. The van der Waals surface area contributed by atoms with Crippen molar-refractivity contribution >= 4 is 23.4 Å². The van der Waals surface area contributed by atoms with Crippen LogP contribution in [0.15, 0.2) is 11.2 Å². The minimum Gasteiger partial charge on any atom is -0.270 e. The number of nitrogens with zero attached hydrogens (tertiary/aromatic N) is 1. The molecule has 1 rings (SSSR count). The van der Waals surface area contributed by atoms with Gasteiger partial charge in [-0.05, 0) is 6.26 Å². The fourth-order valence-corrected chi connectivity index (χ4v) is 1.12. The van der Waals surface area contributed by atoms with Crippen molar-refractivity contribution in [1.82, 2.24) is 10.2 Å². The summed E-state index contributed by atoms with van der Waals surface area (Å²) in [7, 11) is 0. The van der Waals surface area contributed by atoms with Crippen LogP contribution in [0.5, 0.6) is 0 Å². The van der Waals surface area contributed by atoms with Crippen LogP contribution >= 0.6 is 23.4 Å². The molecular weight excluding hydrogens is 144 g/mol. The third kappa shape index (κ3) is 0.980. The summed E-state index contributed by atoms with van der Waals surface area (Å²) in [5, 5.41) is 8.07. The lowest BCUT2D eigenvalue weighted by molar-refractivity contribution is 1.01. The molecule has 8 heavy (non-hydrogen) atoms. The highest BCUT2D eigenvalue weighted by Gasteiger charge is 1.96. The minimum atomic E-state index is 0.692. The summed E-state index contributed by atoms with van der Waals surface area (Å²) < 4.78 is 0. The molecular formula is C4H5ClN2S. The van der Waals surface area contributed by atoms with E-state index in [4.69, 9.17) is 11.6 Å². The smallest absolute Gasteiger partial charge is 0.109 e. The standard InChI is InChI=1S/C4H5ClN2S/c1-8-4-3(5)2-6-7-4/h2H,1H3,(H,6,7). The summed E-state index contributed by atoms with van der Waals surface area (Å²) in [6.07, 6.45) is 3.53. The molecule has 0 spiro atoms. The van der Waals surface area contributed by atoms with Gasteiger partial charge in [-0.15, -0.1) is 11.8 Å². The van der Waals surface area contributed by atoms with Gasteiger partial charge in [0.05, 0.1) is 11.2 Å². The Morgan fingerprint density at radius 3 is 2.88 bits per heavy atom. The van der Waals surface area contributed by atoms with Gasteiger partial charge in [-0.25, -0.2) is 0 Å². The van der Waals surface area contributed by atoms with Gasteiger partial charge >= 0.3 is 0 Å². The maximum absolute atomic E-state index is 5.63. The zero-order chi connectivity index (χ0) is 5.98. The lowest BCUT2D eigenvalue weighted by Gasteiger charge is -1.84. The van der Waals surface area contributed by atoms with Crippen LogP contribution in [-0.4, -0.2) is 16.5 Å². The van der Waals surface area contributed by atoms with E-state index in [0.717, 1.165) is 5.03 Å². The van der Waals surface area contributed by atoms with E-state index in [0.29, 0.717) is 5.02 Å². The lowest BCUT2D eigenvalue weighted by Crippen LogP contribution is -1.66. The quantitative estimate of drug-likeness (QED) is 0.616. The number of rotatable bonds is 1. The van der Waals surface area contributed by atoms with Crippen molar-refractivity contribution in [3.8, 4) is 0 Å². The zero-order valence-electron chi connectivity index (χ0n) is 4.31. The summed E-state index contributed by atoms with van der Waals surface area (Å²) in [5.41, 5.74) is 0. The van der Waals surface area contributed by atoms with E-state index in [2.05, 4.69) is 10.2 Å². The third-order valence-corrected chi connectivity index (χ3v) is 1.88. The Kier molecular flexibility index (Phi) is 1.81. The van der Waals surface area contributed by atoms with Crippen LogP contribution in [0.1, 0.15) is 0 Å². The Balaban J connectivity index is 2.92. The molecule has 0 saturated carbocycles. The summed E-state index contributed by atoms with van der Waals surface area (Å²) in [6.45, 7) is 0. The molecule has 0 atom stereocenters. The van der Waals surface area contributed by atoms with Crippen LogP contribution in [0.4, 0.5) is 0 Å². The molecule has 0 aliphatic carbocycles. The first-order valence-corrected chi connectivity index (χ1v) is 3.67. The highest BCUT2D eigenvalue weighted by molar-refractivity contribution is 7.98. The first-order chi connectivity index (χ1) is 3.84. The molecule has 0 aromatic carbocycles. The number of aromatic nitrogens is 2. The number of thioether (sulfide) groups is 1. The number of H-pyrrole nitrogens is 1. The van der Waals surface area contributed by atoms with Crippen molar-refractivity contribution in [2.24, 2.45) is 0 Å². The number of nitrogens with one attached hydrogen (secondary N) is 1. The summed E-state index contributed by atoms with van der Waals surface area (Å²) >= 11 is 7.18. The fraction of sp³-hybridized carbons (Fsp3) is 0.250. The Labute approximate surface area is 56.6 Å². The van der Waals surface area contributed by atoms with Crippen LogP contribution in [0.3, 0.4) is 0 Å². The van der Waals surface area contributed by atoms with E-state index in [-0.39, 0.29) is 0 Å². The second-order valence-electron chi connectivity index (χ2n) is 1.25. The van der Waals surface area contributed by atoms with E-state index in [1.807, 2.05) is 6.26 Å². The second-order valence-corrected chi connectivity index (χ2v) is 2.47. The van der Waals surface area contributed by atoms with Crippen molar-refractivity contribution in [2.45, 2.75) is 5.03 Å². The van der Waals surface area contributed by atoms with Gasteiger partial charge in [0.25, 0.3) is 0 Å². The molecule has 0 radical (unpaired) electrons. The Morgan fingerprint density at radius 2 is 2.62 bits per heavy atom. The van der Waals surface area contributed by atoms with Crippen molar-refractivity contribution in [3.63, 3.8) is 0 Å². The van der Waals surface area contributed by atoms with E-state index in [1.165, 1.54) is 0 Å². The molecule has 0 aliphatic heterocycles. The van der Waals surface area contributed by atoms with Crippen molar-refractivity contribution < 1.29 is 0 Å². The molecule has 4 heteroatoms. The average Bonchev–Trinajstić information content (AvgIpc) is 2.14. The molecule has 0 amide bonds. The van der Waals surface area contributed by atoms with Gasteiger partial charge in [0.2, 0.25) is 0 Å². The Hall–Kier alpha value is -0.150. The molecule has 1 N–H and O–H groups in total. The summed E-state index contributed by atoms with van der Waals surface area (Å²) in [5.74, 6) is 0. The van der Waals surface area contributed by atoms with E-state index >= 15 is 0 Å². The lowest BCUT2D eigenvalue weighted by atomic mass is 10.7. The van der Waals surface area contributed by atoms with Crippen molar-refractivity contribution in [1.29, 1.82) is 0 Å². The molecule has 0 bridgehead atoms. The predicted molar refractivity (Wildman–Crippen MR) is 35.4 cm³/mol. The molecule has 1 aromatic rings. The molecule has 0 unspecified atom stereocenters. The highest BCUT2D eigenvalue weighted by Crippen LogP contribution is 2.20. The topological polar surface area (TPSA) is 28.7 Å². The fourth-order valence-electron chi connectivity index (χ4n) is 0.403. The summed E-state index contributed by atoms with van der Waals surface area (Å²) in [6, 6.07) is 0. The first kappa shape index (κ1) is 5.98. The van der Waals surface area contributed by atoms with Crippen LogP contribution in [0.25, 0.3) is 0 Å².